The maximum absolute atomic E-state index is 12.1. The number of imidazole rings is 1. The molecule has 2 atom stereocenters. The fourth-order valence-corrected chi connectivity index (χ4v) is 3.77. The van der Waals surface area contributed by atoms with Crippen molar-refractivity contribution in [2.45, 2.75) is 44.1 Å². The van der Waals surface area contributed by atoms with Crippen LogP contribution in [0, 0.1) is 0 Å². The van der Waals surface area contributed by atoms with Crippen molar-refractivity contribution in [1.82, 2.24) is 19.6 Å². The van der Waals surface area contributed by atoms with Gasteiger partial charge in [-0.1, -0.05) is 12.1 Å². The number of nitrogens with zero attached hydrogens (tertiary/aromatic N) is 2. The number of aromatic nitrogens is 2. The van der Waals surface area contributed by atoms with Gasteiger partial charge in [0.05, 0.1) is 18.3 Å². The Balaban J connectivity index is 1.47. The van der Waals surface area contributed by atoms with E-state index in [2.05, 4.69) is 31.7 Å². The molecule has 0 bridgehead atoms. The summed E-state index contributed by atoms with van der Waals surface area (Å²) >= 11 is -1.27. The van der Waals surface area contributed by atoms with Gasteiger partial charge in [0.2, 0.25) is 0 Å². The molecule has 130 valence electrons. The highest BCUT2D eigenvalue weighted by atomic mass is 32.2. The highest BCUT2D eigenvalue weighted by Crippen LogP contribution is 2.18. The predicted octanol–water partition coefficient (Wildman–Crippen LogP) is 2.08. The molecule has 3 rings (SSSR count). The summed E-state index contributed by atoms with van der Waals surface area (Å²) in [5.74, 6) is 0.906. The molecule has 7 heteroatoms. The van der Waals surface area contributed by atoms with E-state index in [1.165, 1.54) is 5.56 Å². The van der Waals surface area contributed by atoms with Crippen molar-refractivity contribution in [3.05, 3.63) is 42.2 Å². The predicted molar refractivity (Wildman–Crippen MR) is 94.0 cm³/mol. The molecule has 1 aromatic heterocycles. The van der Waals surface area contributed by atoms with E-state index < -0.39 is 11.4 Å². The Morgan fingerprint density at radius 3 is 2.88 bits per heavy atom. The van der Waals surface area contributed by atoms with Crippen molar-refractivity contribution in [3.63, 3.8) is 0 Å². The topological polar surface area (TPSA) is 76.2 Å². The van der Waals surface area contributed by atoms with Crippen LogP contribution >= 0.6 is 0 Å². The number of ether oxygens (including phenoxy) is 1. The van der Waals surface area contributed by atoms with E-state index in [4.69, 9.17) is 4.74 Å². The smallest absolute Gasteiger partial charge is 0.342 e. The lowest BCUT2D eigenvalue weighted by atomic mass is 10.2. The average molecular weight is 348 g/mol. The van der Waals surface area contributed by atoms with Crippen molar-refractivity contribution in [1.29, 1.82) is 0 Å². The summed E-state index contributed by atoms with van der Waals surface area (Å²) in [6, 6.07) is 8.48. The van der Waals surface area contributed by atoms with Crippen molar-refractivity contribution >= 4 is 11.4 Å². The van der Waals surface area contributed by atoms with Crippen LogP contribution in [0.4, 0.5) is 0 Å². The third kappa shape index (κ3) is 4.73. The first-order valence-electron chi connectivity index (χ1n) is 8.25. The molecular formula is C17H24N4O2S. The van der Waals surface area contributed by atoms with Crippen molar-refractivity contribution in [2.75, 3.05) is 13.1 Å². The number of H-pyrrole nitrogens is 1. The molecule has 0 aliphatic carbocycles. The number of hydrogen-bond acceptors (Lipinski definition) is 5. The fourth-order valence-electron chi connectivity index (χ4n) is 2.84. The Morgan fingerprint density at radius 1 is 1.42 bits per heavy atom. The number of aromatic amines is 1. The quantitative estimate of drug-likeness (QED) is 0.749. The molecule has 0 radical (unpaired) electrons. The summed E-state index contributed by atoms with van der Waals surface area (Å²) in [6.45, 7) is 6.83. The van der Waals surface area contributed by atoms with Crippen LogP contribution in [-0.2, 0) is 17.9 Å². The Hall–Kier alpha value is -1.54. The zero-order chi connectivity index (χ0) is 16.9. The maximum atomic E-state index is 12.1. The third-order valence-electron chi connectivity index (χ3n) is 3.90. The molecule has 1 saturated heterocycles. The van der Waals surface area contributed by atoms with E-state index in [9.17, 15) is 4.55 Å². The fraction of sp³-hybridized carbons (Fsp3) is 0.471. The summed E-state index contributed by atoms with van der Waals surface area (Å²) in [6.07, 6.45) is 4.47. The second-order valence-electron chi connectivity index (χ2n) is 6.31. The number of likely N-dealkylation sites (tertiary alicyclic amines) is 1. The zero-order valence-corrected chi connectivity index (χ0v) is 14.9. The Kier molecular flexibility index (Phi) is 5.78. The maximum Gasteiger partial charge on any atom is 0.342 e. The van der Waals surface area contributed by atoms with Gasteiger partial charge in [-0.15, -0.1) is 4.72 Å². The first-order valence-corrected chi connectivity index (χ1v) is 9.40. The Labute approximate surface area is 145 Å². The number of benzene rings is 1. The molecule has 0 amide bonds. The van der Waals surface area contributed by atoms with Crippen LogP contribution in [0.5, 0.6) is 5.75 Å². The van der Waals surface area contributed by atoms with Gasteiger partial charge >= 0.3 is 5.16 Å². The summed E-state index contributed by atoms with van der Waals surface area (Å²) in [5, 5.41) is 0.481. The van der Waals surface area contributed by atoms with E-state index in [0.29, 0.717) is 5.16 Å². The normalized spacial score (nSPS) is 19.8. The lowest BCUT2D eigenvalue weighted by Gasteiger charge is -2.17. The van der Waals surface area contributed by atoms with Gasteiger partial charge in [-0.3, -0.25) is 4.90 Å². The molecule has 0 saturated carbocycles. The standard InChI is InChI=1S/C17H24N4O2S/c1-13(2)23-16-5-3-14(4-6-16)11-21-10-7-15(12-21)20-24(22)17-18-8-9-19-17/h3-6,8-9,13,15,20H,7,10-12H2,1-2H3,(H,18,19)/t15-,24+/m1/s1. The largest absolute Gasteiger partial charge is 0.590 e. The van der Waals surface area contributed by atoms with Crippen LogP contribution in [0.3, 0.4) is 0 Å². The highest BCUT2D eigenvalue weighted by Gasteiger charge is 2.27. The van der Waals surface area contributed by atoms with E-state index in [-0.39, 0.29) is 12.1 Å². The molecular weight excluding hydrogens is 324 g/mol. The number of rotatable bonds is 7. The van der Waals surface area contributed by atoms with Gasteiger partial charge < -0.3 is 14.3 Å². The first kappa shape index (κ1) is 17.3. The summed E-state index contributed by atoms with van der Waals surface area (Å²) in [7, 11) is 0. The molecule has 2 N–H and O–H groups in total. The van der Waals surface area contributed by atoms with Gasteiger partial charge in [0.25, 0.3) is 0 Å². The molecule has 1 aliphatic heterocycles. The average Bonchev–Trinajstić information content (AvgIpc) is 3.21. The molecule has 1 aromatic carbocycles. The lowest BCUT2D eigenvalue weighted by molar-refractivity contribution is 0.242. The second-order valence-corrected chi connectivity index (χ2v) is 7.47. The van der Waals surface area contributed by atoms with Gasteiger partial charge in [-0.25, -0.2) is 0 Å². The van der Waals surface area contributed by atoms with E-state index in [1.54, 1.807) is 12.4 Å². The van der Waals surface area contributed by atoms with Crippen molar-refractivity contribution in [3.8, 4) is 5.75 Å². The SMILES string of the molecule is CC(C)Oc1ccc(CN2CC[C@@H](N[S@@+]([O-])c3ncc[nH]3)C2)cc1. The Bertz CT molecular complexity index is 618. The molecule has 24 heavy (non-hydrogen) atoms. The van der Waals surface area contributed by atoms with Crippen LogP contribution in [0.1, 0.15) is 25.8 Å². The minimum Gasteiger partial charge on any atom is -0.590 e. The molecule has 2 heterocycles. The Morgan fingerprint density at radius 2 is 2.21 bits per heavy atom. The van der Waals surface area contributed by atoms with Crippen molar-refractivity contribution in [2.24, 2.45) is 0 Å². The van der Waals surface area contributed by atoms with Crippen molar-refractivity contribution < 1.29 is 9.29 Å². The molecule has 0 unspecified atom stereocenters. The summed E-state index contributed by atoms with van der Waals surface area (Å²) in [5.41, 5.74) is 1.26. The van der Waals surface area contributed by atoms with Crippen LogP contribution < -0.4 is 9.46 Å². The van der Waals surface area contributed by atoms with Gasteiger partial charge in [-0.05, 0) is 38.0 Å². The van der Waals surface area contributed by atoms with Crippen LogP contribution in [0.2, 0.25) is 0 Å². The van der Waals surface area contributed by atoms with E-state index in [1.807, 2.05) is 26.0 Å². The monoisotopic (exact) mass is 348 g/mol. The highest BCUT2D eigenvalue weighted by molar-refractivity contribution is 7.89. The van der Waals surface area contributed by atoms with Crippen LogP contribution in [-0.4, -0.2) is 44.7 Å². The zero-order valence-electron chi connectivity index (χ0n) is 14.1. The minimum absolute atomic E-state index is 0.191. The lowest BCUT2D eigenvalue weighted by Crippen LogP contribution is -2.37. The molecule has 1 fully saturated rings. The molecule has 0 spiro atoms. The van der Waals surface area contributed by atoms with Gasteiger partial charge in [0, 0.05) is 25.8 Å². The third-order valence-corrected chi connectivity index (χ3v) is 5.02. The molecule has 6 nitrogen and oxygen atoms in total. The van der Waals surface area contributed by atoms with E-state index >= 15 is 0 Å². The number of nitrogens with one attached hydrogen (secondary N) is 2. The molecule has 2 aromatic rings. The summed E-state index contributed by atoms with van der Waals surface area (Å²) in [4.78, 5) is 9.28. The first-order chi connectivity index (χ1) is 11.6. The van der Waals surface area contributed by atoms with Crippen LogP contribution in [0.25, 0.3) is 0 Å². The minimum atomic E-state index is -1.27. The van der Waals surface area contributed by atoms with E-state index in [0.717, 1.165) is 31.8 Å². The second kappa shape index (κ2) is 8.02. The van der Waals surface area contributed by atoms with Gasteiger partial charge in [0.1, 0.15) is 17.1 Å². The van der Waals surface area contributed by atoms with Crippen LogP contribution in [0.15, 0.2) is 41.8 Å². The molecule has 1 aliphatic rings. The summed E-state index contributed by atoms with van der Waals surface area (Å²) < 4.78 is 20.9. The van der Waals surface area contributed by atoms with Gasteiger partial charge in [0.15, 0.2) is 0 Å². The van der Waals surface area contributed by atoms with Gasteiger partial charge in [-0.2, -0.15) is 4.98 Å². The number of hydrogen-bond donors (Lipinski definition) is 2.